The number of rotatable bonds is 5. The molecule has 142 valence electrons. The van der Waals surface area contributed by atoms with E-state index in [0.29, 0.717) is 36.5 Å². The summed E-state index contributed by atoms with van der Waals surface area (Å²) in [5.74, 6) is 1.64. The van der Waals surface area contributed by atoms with E-state index in [2.05, 4.69) is 20.3 Å². The SMILES string of the molecule is COc1ccc(-n2nnc3cnc(C[C@@H]4CCN(S(C)(=O)=O)C4)nc32)cc1. The number of hydrogen-bond donors (Lipinski definition) is 0. The number of fused-ring (bicyclic) bond motifs is 1. The van der Waals surface area contributed by atoms with Crippen molar-refractivity contribution in [2.24, 2.45) is 5.92 Å². The molecule has 9 nitrogen and oxygen atoms in total. The van der Waals surface area contributed by atoms with E-state index in [1.165, 1.54) is 10.6 Å². The second-order valence-electron chi connectivity index (χ2n) is 6.67. The van der Waals surface area contributed by atoms with Gasteiger partial charge in [-0.25, -0.2) is 22.7 Å². The van der Waals surface area contributed by atoms with Gasteiger partial charge in [-0.15, -0.1) is 5.10 Å². The Bertz CT molecular complexity index is 1060. The Balaban J connectivity index is 1.58. The number of sulfonamides is 1. The third-order valence-corrected chi connectivity index (χ3v) is 6.02. The molecule has 0 amide bonds. The molecule has 1 fully saturated rings. The third kappa shape index (κ3) is 3.62. The molecule has 1 atom stereocenters. The normalized spacial score (nSPS) is 18.2. The van der Waals surface area contributed by atoms with E-state index in [4.69, 9.17) is 4.74 Å². The maximum Gasteiger partial charge on any atom is 0.211 e. The second-order valence-corrected chi connectivity index (χ2v) is 8.66. The molecule has 0 bridgehead atoms. The summed E-state index contributed by atoms with van der Waals surface area (Å²) >= 11 is 0. The molecule has 1 saturated heterocycles. The van der Waals surface area contributed by atoms with E-state index in [0.717, 1.165) is 17.9 Å². The van der Waals surface area contributed by atoms with Gasteiger partial charge < -0.3 is 4.74 Å². The Morgan fingerprint density at radius 2 is 2.04 bits per heavy atom. The number of aromatic nitrogens is 5. The molecule has 27 heavy (non-hydrogen) atoms. The summed E-state index contributed by atoms with van der Waals surface area (Å²) in [5.41, 5.74) is 2.06. The first-order chi connectivity index (χ1) is 12.9. The van der Waals surface area contributed by atoms with Crippen LogP contribution in [-0.2, 0) is 16.4 Å². The van der Waals surface area contributed by atoms with Crippen molar-refractivity contribution in [2.75, 3.05) is 26.5 Å². The van der Waals surface area contributed by atoms with Gasteiger partial charge in [0.1, 0.15) is 11.6 Å². The van der Waals surface area contributed by atoms with Crippen LogP contribution in [0, 0.1) is 5.92 Å². The largest absolute Gasteiger partial charge is 0.497 e. The van der Waals surface area contributed by atoms with Gasteiger partial charge in [-0.3, -0.25) is 0 Å². The van der Waals surface area contributed by atoms with Crippen LogP contribution in [-0.4, -0.2) is 64.1 Å². The number of nitrogens with zero attached hydrogens (tertiary/aromatic N) is 6. The van der Waals surface area contributed by atoms with Gasteiger partial charge >= 0.3 is 0 Å². The summed E-state index contributed by atoms with van der Waals surface area (Å²) in [6, 6.07) is 7.47. The fraction of sp³-hybridized carbons (Fsp3) is 0.412. The molecular weight excluding hydrogens is 368 g/mol. The smallest absolute Gasteiger partial charge is 0.211 e. The Morgan fingerprint density at radius 1 is 1.26 bits per heavy atom. The standard InChI is InChI=1S/C17H20N6O3S/c1-26-14-5-3-13(4-6-14)23-17-15(20-21-23)10-18-16(19-17)9-12-7-8-22(11-12)27(2,24)25/h3-6,10,12H,7-9,11H2,1-2H3/t12-/m0/s1. The quantitative estimate of drug-likeness (QED) is 0.643. The number of hydrogen-bond acceptors (Lipinski definition) is 7. The Labute approximate surface area is 157 Å². The van der Waals surface area contributed by atoms with Crippen LogP contribution in [0.15, 0.2) is 30.5 Å². The van der Waals surface area contributed by atoms with Gasteiger partial charge in [0.2, 0.25) is 10.0 Å². The van der Waals surface area contributed by atoms with Gasteiger partial charge in [-0.05, 0) is 36.6 Å². The molecule has 10 heteroatoms. The van der Waals surface area contributed by atoms with Crippen molar-refractivity contribution in [3.05, 3.63) is 36.3 Å². The Hall–Kier alpha value is -2.59. The van der Waals surface area contributed by atoms with E-state index < -0.39 is 10.0 Å². The van der Waals surface area contributed by atoms with E-state index in [-0.39, 0.29) is 5.92 Å². The molecule has 4 rings (SSSR count). The number of ether oxygens (including phenoxy) is 1. The summed E-state index contributed by atoms with van der Waals surface area (Å²) in [6.45, 7) is 1.06. The van der Waals surface area contributed by atoms with Crippen LogP contribution in [0.4, 0.5) is 0 Å². The lowest BCUT2D eigenvalue weighted by atomic mass is 10.0. The topological polar surface area (TPSA) is 103 Å². The van der Waals surface area contributed by atoms with Crippen LogP contribution in [0.25, 0.3) is 16.9 Å². The van der Waals surface area contributed by atoms with Gasteiger partial charge in [-0.1, -0.05) is 5.21 Å². The average molecular weight is 388 g/mol. The van der Waals surface area contributed by atoms with E-state index >= 15 is 0 Å². The third-order valence-electron chi connectivity index (χ3n) is 4.75. The first-order valence-electron chi connectivity index (χ1n) is 8.61. The van der Waals surface area contributed by atoms with E-state index in [9.17, 15) is 8.42 Å². The molecule has 1 aromatic carbocycles. The summed E-state index contributed by atoms with van der Waals surface area (Å²) < 4.78 is 31.7. The van der Waals surface area contributed by atoms with Crippen LogP contribution >= 0.6 is 0 Å². The highest BCUT2D eigenvalue weighted by Crippen LogP contribution is 2.23. The zero-order valence-electron chi connectivity index (χ0n) is 15.1. The minimum Gasteiger partial charge on any atom is -0.497 e. The van der Waals surface area contributed by atoms with Gasteiger partial charge in [0, 0.05) is 19.5 Å². The van der Waals surface area contributed by atoms with Crippen LogP contribution in [0.1, 0.15) is 12.2 Å². The van der Waals surface area contributed by atoms with Crippen LogP contribution in [0.2, 0.25) is 0 Å². The fourth-order valence-corrected chi connectivity index (χ4v) is 4.20. The molecule has 0 saturated carbocycles. The molecule has 0 N–H and O–H groups in total. The van der Waals surface area contributed by atoms with Crippen molar-refractivity contribution < 1.29 is 13.2 Å². The molecule has 0 radical (unpaired) electrons. The molecule has 1 aliphatic rings. The average Bonchev–Trinajstić information content (AvgIpc) is 3.28. The number of benzene rings is 1. The van der Waals surface area contributed by atoms with Gasteiger partial charge in [0.25, 0.3) is 0 Å². The molecular formula is C17H20N6O3S. The van der Waals surface area contributed by atoms with Crippen molar-refractivity contribution in [1.82, 2.24) is 29.3 Å². The highest BCUT2D eigenvalue weighted by molar-refractivity contribution is 7.88. The van der Waals surface area contributed by atoms with Crippen LogP contribution < -0.4 is 4.74 Å². The van der Waals surface area contributed by atoms with Gasteiger partial charge in [0.15, 0.2) is 11.2 Å². The lowest BCUT2D eigenvalue weighted by molar-refractivity contribution is 0.414. The van der Waals surface area contributed by atoms with E-state index in [1.807, 2.05) is 24.3 Å². The first-order valence-corrected chi connectivity index (χ1v) is 10.5. The van der Waals surface area contributed by atoms with Crippen molar-refractivity contribution in [3.63, 3.8) is 0 Å². The van der Waals surface area contributed by atoms with Crippen molar-refractivity contribution in [2.45, 2.75) is 12.8 Å². The van der Waals surface area contributed by atoms with E-state index in [1.54, 1.807) is 18.0 Å². The first kappa shape index (κ1) is 17.8. The summed E-state index contributed by atoms with van der Waals surface area (Å²) in [5, 5.41) is 8.30. The highest BCUT2D eigenvalue weighted by atomic mass is 32.2. The molecule has 2 aromatic heterocycles. The molecule has 1 aliphatic heterocycles. The lowest BCUT2D eigenvalue weighted by Crippen LogP contribution is -2.27. The van der Waals surface area contributed by atoms with Crippen molar-refractivity contribution in [1.29, 1.82) is 0 Å². The maximum atomic E-state index is 11.7. The molecule has 0 unspecified atom stereocenters. The van der Waals surface area contributed by atoms with Crippen LogP contribution in [0.5, 0.6) is 5.75 Å². The predicted octanol–water partition coefficient (Wildman–Crippen LogP) is 1.04. The molecule has 0 spiro atoms. The predicted molar refractivity (Wildman–Crippen MR) is 99.2 cm³/mol. The molecule has 3 aromatic rings. The second kappa shape index (κ2) is 6.86. The minimum absolute atomic E-state index is 0.211. The lowest BCUT2D eigenvalue weighted by Gasteiger charge is -2.12. The summed E-state index contributed by atoms with van der Waals surface area (Å²) in [6.07, 6.45) is 4.34. The number of methoxy groups -OCH3 is 1. The maximum absolute atomic E-state index is 11.7. The van der Waals surface area contributed by atoms with Gasteiger partial charge in [-0.2, -0.15) is 4.68 Å². The molecule has 3 heterocycles. The zero-order chi connectivity index (χ0) is 19.0. The van der Waals surface area contributed by atoms with Crippen molar-refractivity contribution in [3.8, 4) is 11.4 Å². The van der Waals surface area contributed by atoms with Crippen molar-refractivity contribution >= 4 is 21.2 Å². The summed E-state index contributed by atoms with van der Waals surface area (Å²) in [4.78, 5) is 9.01. The molecule has 0 aliphatic carbocycles. The van der Waals surface area contributed by atoms with Crippen LogP contribution in [0.3, 0.4) is 0 Å². The fourth-order valence-electron chi connectivity index (χ4n) is 3.28. The zero-order valence-corrected chi connectivity index (χ0v) is 15.9. The Kier molecular flexibility index (Phi) is 4.52. The Morgan fingerprint density at radius 3 is 2.70 bits per heavy atom. The minimum atomic E-state index is -3.14. The highest BCUT2D eigenvalue weighted by Gasteiger charge is 2.29. The monoisotopic (exact) mass is 388 g/mol. The van der Waals surface area contributed by atoms with Gasteiger partial charge in [0.05, 0.1) is 25.2 Å². The summed E-state index contributed by atoms with van der Waals surface area (Å²) in [7, 11) is -1.53.